The van der Waals surface area contributed by atoms with Gasteiger partial charge in [0.2, 0.25) is 0 Å². The maximum atomic E-state index is 13.6. The number of fused-ring (bicyclic) bond motifs is 3. The van der Waals surface area contributed by atoms with E-state index in [1.807, 2.05) is 34.9 Å². The number of thiophene rings is 1. The first-order valence-corrected chi connectivity index (χ1v) is 13.6. The number of pyridine rings is 1. The van der Waals surface area contributed by atoms with Crippen LogP contribution in [0.25, 0.3) is 21.0 Å². The van der Waals surface area contributed by atoms with Gasteiger partial charge in [-0.2, -0.15) is 0 Å². The normalized spacial score (nSPS) is 14.9. The Bertz CT molecular complexity index is 1420. The summed E-state index contributed by atoms with van der Waals surface area (Å²) in [6.45, 7) is 5.58. The van der Waals surface area contributed by atoms with Crippen molar-refractivity contribution in [3.63, 3.8) is 0 Å². The van der Waals surface area contributed by atoms with Gasteiger partial charge in [0, 0.05) is 37.6 Å². The number of aromatic nitrogens is 1. The molecule has 0 radical (unpaired) electrons. The summed E-state index contributed by atoms with van der Waals surface area (Å²) in [5.74, 6) is 0.244. The number of ether oxygens (including phenoxy) is 1. The molecule has 1 amide bonds. The van der Waals surface area contributed by atoms with Crippen LogP contribution >= 0.6 is 11.3 Å². The summed E-state index contributed by atoms with van der Waals surface area (Å²) in [4.78, 5) is 29.9. The SMILES string of the molecule is CCCCn1c(=O)c2c(OC)c(C(=O)NC3CCN(Cc4ccccc4)CC3)sc2c2ccccc21. The van der Waals surface area contributed by atoms with Crippen molar-refractivity contribution in [3.8, 4) is 5.75 Å². The van der Waals surface area contributed by atoms with Gasteiger partial charge in [0.05, 0.1) is 17.3 Å². The van der Waals surface area contributed by atoms with Crippen LogP contribution < -0.4 is 15.6 Å². The van der Waals surface area contributed by atoms with E-state index in [0.29, 0.717) is 22.6 Å². The van der Waals surface area contributed by atoms with Crippen molar-refractivity contribution in [2.75, 3.05) is 20.2 Å². The largest absolute Gasteiger partial charge is 0.494 e. The molecule has 0 atom stereocenters. The number of aryl methyl sites for hydroxylation is 1. The van der Waals surface area contributed by atoms with Crippen molar-refractivity contribution in [2.24, 2.45) is 0 Å². The average molecular weight is 504 g/mol. The van der Waals surface area contributed by atoms with E-state index >= 15 is 0 Å². The van der Waals surface area contributed by atoms with Gasteiger partial charge in [-0.05, 0) is 30.9 Å². The fraction of sp³-hybridized carbons (Fsp3) is 0.379. The Kier molecular flexibility index (Phi) is 7.39. The lowest BCUT2D eigenvalue weighted by Gasteiger charge is -2.32. The van der Waals surface area contributed by atoms with E-state index in [2.05, 4.69) is 41.4 Å². The zero-order valence-corrected chi connectivity index (χ0v) is 21.8. The number of hydrogen-bond donors (Lipinski definition) is 1. The molecule has 2 aromatic carbocycles. The number of unbranched alkanes of at least 4 members (excludes halogenated alkanes) is 1. The summed E-state index contributed by atoms with van der Waals surface area (Å²) >= 11 is 1.36. The van der Waals surface area contributed by atoms with Crippen LogP contribution in [0.2, 0.25) is 0 Å². The van der Waals surface area contributed by atoms with Crippen molar-refractivity contribution >= 4 is 38.2 Å². The number of carbonyl (C=O) groups excluding carboxylic acids is 1. The standard InChI is InChI=1S/C29H33N3O3S/c1-3-4-16-32-23-13-9-8-12-22(23)26-24(29(32)34)25(35-2)27(36-26)28(33)30-21-14-17-31(18-15-21)19-20-10-6-5-7-11-20/h5-13,21H,3-4,14-19H2,1-2H3,(H,30,33). The molecule has 2 aromatic heterocycles. The Hall–Kier alpha value is -3.16. The second-order valence-electron chi connectivity index (χ2n) is 9.51. The minimum Gasteiger partial charge on any atom is -0.494 e. The number of rotatable bonds is 8. The third-order valence-electron chi connectivity index (χ3n) is 7.08. The lowest BCUT2D eigenvalue weighted by molar-refractivity contribution is 0.0910. The van der Waals surface area contributed by atoms with Gasteiger partial charge in [0.25, 0.3) is 11.5 Å². The van der Waals surface area contributed by atoms with Crippen LogP contribution in [-0.2, 0) is 13.1 Å². The predicted octanol–water partition coefficient (Wildman–Crippen LogP) is 5.42. The van der Waals surface area contributed by atoms with Crippen LogP contribution in [0.15, 0.2) is 59.4 Å². The number of nitrogens with one attached hydrogen (secondary N) is 1. The number of likely N-dealkylation sites (tertiary alicyclic amines) is 1. The number of carbonyl (C=O) groups is 1. The highest BCUT2D eigenvalue weighted by molar-refractivity contribution is 7.22. The lowest BCUT2D eigenvalue weighted by atomic mass is 10.0. The molecule has 7 heteroatoms. The molecule has 188 valence electrons. The Balaban J connectivity index is 1.39. The molecule has 3 heterocycles. The third kappa shape index (κ3) is 4.77. The monoisotopic (exact) mass is 503 g/mol. The predicted molar refractivity (Wildman–Crippen MR) is 147 cm³/mol. The van der Waals surface area contributed by atoms with Crippen LogP contribution in [0.3, 0.4) is 0 Å². The van der Waals surface area contributed by atoms with Crippen LogP contribution in [0, 0.1) is 0 Å². The molecule has 6 nitrogen and oxygen atoms in total. The number of methoxy groups -OCH3 is 1. The van der Waals surface area contributed by atoms with E-state index in [4.69, 9.17) is 4.74 Å². The maximum Gasteiger partial charge on any atom is 0.265 e. The Morgan fingerprint density at radius 2 is 1.81 bits per heavy atom. The molecular weight excluding hydrogens is 470 g/mol. The number of para-hydroxylation sites is 1. The zero-order chi connectivity index (χ0) is 25.1. The van der Waals surface area contributed by atoms with Gasteiger partial charge in [-0.25, -0.2) is 0 Å². The molecule has 1 aliphatic heterocycles. The first kappa shape index (κ1) is 24.5. The Labute approximate surface area is 215 Å². The molecular formula is C29H33N3O3S. The van der Waals surface area contributed by atoms with Crippen molar-refractivity contribution < 1.29 is 9.53 Å². The van der Waals surface area contributed by atoms with E-state index in [0.717, 1.165) is 60.9 Å². The summed E-state index contributed by atoms with van der Waals surface area (Å²) in [6, 6.07) is 18.5. The summed E-state index contributed by atoms with van der Waals surface area (Å²) in [7, 11) is 1.55. The Morgan fingerprint density at radius 3 is 2.53 bits per heavy atom. The molecule has 36 heavy (non-hydrogen) atoms. The molecule has 1 N–H and O–H groups in total. The fourth-order valence-corrected chi connectivity index (χ4v) is 6.35. The minimum absolute atomic E-state index is 0.0847. The minimum atomic E-state index is -0.154. The van der Waals surface area contributed by atoms with Crippen molar-refractivity contribution in [1.82, 2.24) is 14.8 Å². The molecule has 0 unspecified atom stereocenters. The molecule has 1 saturated heterocycles. The lowest BCUT2D eigenvalue weighted by Crippen LogP contribution is -2.44. The number of benzene rings is 2. The van der Waals surface area contributed by atoms with Crippen molar-refractivity contribution in [2.45, 2.75) is 51.7 Å². The molecule has 0 bridgehead atoms. The maximum absolute atomic E-state index is 13.6. The molecule has 1 aliphatic rings. The van der Waals surface area contributed by atoms with Gasteiger partial charge in [0.15, 0.2) is 5.75 Å². The first-order valence-electron chi connectivity index (χ1n) is 12.8. The van der Waals surface area contributed by atoms with Crippen molar-refractivity contribution in [1.29, 1.82) is 0 Å². The first-order chi connectivity index (χ1) is 17.6. The molecule has 0 aliphatic carbocycles. The van der Waals surface area contributed by atoms with E-state index in [1.54, 1.807) is 7.11 Å². The Morgan fingerprint density at radius 1 is 1.08 bits per heavy atom. The number of piperidine rings is 1. The molecule has 1 fully saturated rings. The van der Waals surface area contributed by atoms with E-state index < -0.39 is 0 Å². The number of hydrogen-bond acceptors (Lipinski definition) is 5. The van der Waals surface area contributed by atoms with Gasteiger partial charge < -0.3 is 14.6 Å². The van der Waals surface area contributed by atoms with Gasteiger partial charge in [-0.15, -0.1) is 11.3 Å². The van der Waals surface area contributed by atoms with Crippen LogP contribution in [-0.4, -0.2) is 41.6 Å². The highest BCUT2D eigenvalue weighted by Crippen LogP contribution is 2.39. The average Bonchev–Trinajstić information content (AvgIpc) is 3.31. The highest BCUT2D eigenvalue weighted by Gasteiger charge is 2.27. The second kappa shape index (κ2) is 10.8. The van der Waals surface area contributed by atoms with E-state index in [-0.39, 0.29) is 17.5 Å². The zero-order valence-electron chi connectivity index (χ0n) is 21.0. The second-order valence-corrected chi connectivity index (χ2v) is 10.5. The highest BCUT2D eigenvalue weighted by atomic mass is 32.1. The molecule has 0 spiro atoms. The molecule has 4 aromatic rings. The summed E-state index contributed by atoms with van der Waals surface area (Å²) in [5.41, 5.74) is 2.13. The van der Waals surface area contributed by atoms with Crippen LogP contribution in [0.4, 0.5) is 0 Å². The number of amides is 1. The van der Waals surface area contributed by atoms with Crippen molar-refractivity contribution in [3.05, 3.63) is 75.4 Å². The van der Waals surface area contributed by atoms with Gasteiger partial charge in [-0.3, -0.25) is 14.5 Å². The number of nitrogens with zero attached hydrogens (tertiary/aromatic N) is 2. The fourth-order valence-electron chi connectivity index (χ4n) is 5.16. The quantitative estimate of drug-likeness (QED) is 0.349. The third-order valence-corrected chi connectivity index (χ3v) is 8.28. The van der Waals surface area contributed by atoms with E-state index in [1.165, 1.54) is 16.9 Å². The van der Waals surface area contributed by atoms with Gasteiger partial charge in [-0.1, -0.05) is 61.9 Å². The van der Waals surface area contributed by atoms with Gasteiger partial charge >= 0.3 is 0 Å². The van der Waals surface area contributed by atoms with Crippen LogP contribution in [0.5, 0.6) is 5.75 Å². The van der Waals surface area contributed by atoms with Gasteiger partial charge in [0.1, 0.15) is 10.3 Å². The summed E-state index contributed by atoms with van der Waals surface area (Å²) < 4.78 is 8.37. The summed E-state index contributed by atoms with van der Waals surface area (Å²) in [5, 5.41) is 4.73. The van der Waals surface area contributed by atoms with E-state index in [9.17, 15) is 9.59 Å². The van der Waals surface area contributed by atoms with Crippen LogP contribution in [0.1, 0.15) is 47.8 Å². The molecule has 5 rings (SSSR count). The molecule has 0 saturated carbocycles. The topological polar surface area (TPSA) is 63.6 Å². The smallest absolute Gasteiger partial charge is 0.265 e. The summed E-state index contributed by atoms with van der Waals surface area (Å²) in [6.07, 6.45) is 3.71.